The van der Waals surface area contributed by atoms with Gasteiger partial charge < -0.3 is 50.3 Å². The topological polar surface area (TPSA) is 219 Å². The Morgan fingerprint density at radius 1 is 0.654 bits per heavy atom. The lowest BCUT2D eigenvalue weighted by molar-refractivity contribution is -1.01. The van der Waals surface area contributed by atoms with Gasteiger partial charge in [0.05, 0.1) is 13.2 Å². The second kappa shape index (κ2) is 8.66. The van der Waals surface area contributed by atoms with E-state index in [-0.39, 0.29) is 0 Å². The van der Waals surface area contributed by atoms with Crippen molar-refractivity contribution >= 4 is 0 Å². The third kappa shape index (κ3) is 4.20. The summed E-state index contributed by atoms with van der Waals surface area (Å²) in [7, 11) is 0. The van der Waals surface area contributed by atoms with E-state index >= 15 is 0 Å². The van der Waals surface area contributed by atoms with E-state index in [2.05, 4.69) is 9.68 Å². The van der Waals surface area contributed by atoms with Crippen molar-refractivity contribution in [1.82, 2.24) is 0 Å². The van der Waals surface area contributed by atoms with E-state index in [1.807, 2.05) is 0 Å². The predicted octanol–water partition coefficient (Wildman–Crippen LogP) is -5.77. The van der Waals surface area contributed by atoms with Gasteiger partial charge in [0, 0.05) is 0 Å². The van der Waals surface area contributed by atoms with Crippen molar-refractivity contribution < 1.29 is 65.1 Å². The number of hydrogen-bond donors (Lipinski definition) is 8. The summed E-state index contributed by atoms with van der Waals surface area (Å²) in [5, 5.41) is 75.3. The summed E-state index contributed by atoms with van der Waals surface area (Å²) in [5.41, 5.74) is 0. The Hall–Kier alpha value is -1.20. The lowest BCUT2D eigenvalue weighted by atomic mass is 9.99. The molecule has 2 rings (SSSR count). The SMILES string of the molecule is O=[N+](O[C@@H]1O[C@H](CO)[C@@H](O)[C@H](O)[C@@H]1O)O[C@@H]1O[C@H](CO)[C@@H](O)[C@H](O)[C@@H]1O. The molecule has 152 valence electrons. The number of hydrogen-bond acceptors (Lipinski definition) is 13. The fourth-order valence-corrected chi connectivity index (χ4v) is 2.50. The predicted molar refractivity (Wildman–Crippen MR) is 73.3 cm³/mol. The van der Waals surface area contributed by atoms with E-state index in [9.17, 15) is 35.5 Å². The highest BCUT2D eigenvalue weighted by Gasteiger charge is 2.51. The van der Waals surface area contributed by atoms with Gasteiger partial charge >= 0.3 is 17.7 Å². The van der Waals surface area contributed by atoms with Crippen molar-refractivity contribution in [3.8, 4) is 0 Å². The summed E-state index contributed by atoms with van der Waals surface area (Å²) < 4.78 is 9.82. The molecule has 26 heavy (non-hydrogen) atoms. The molecule has 2 heterocycles. The zero-order chi connectivity index (χ0) is 19.6. The molecule has 0 saturated carbocycles. The molecule has 14 heteroatoms. The molecular weight excluding hydrogens is 366 g/mol. The first-order valence-corrected chi connectivity index (χ1v) is 7.63. The van der Waals surface area contributed by atoms with E-state index in [0.717, 1.165) is 0 Å². The molecule has 2 aliphatic rings. The summed E-state index contributed by atoms with van der Waals surface area (Å²) in [6.45, 7) is -1.51. The first-order chi connectivity index (χ1) is 12.2. The second-order valence-corrected chi connectivity index (χ2v) is 5.83. The molecule has 0 aliphatic carbocycles. The standard InChI is InChI=1S/C12H22NO13/c14-1-3-5(16)7(18)9(20)11(23-3)25-13(22)26-12-10(21)8(19)6(17)4(2-15)24-12/h3-12,14-21H,1-2H2/q+1/t3-,4-,5-,6-,7+,8+,9+,10+,11+,12+/m1/s1. The molecule has 0 aromatic carbocycles. The van der Waals surface area contributed by atoms with E-state index in [4.69, 9.17) is 19.7 Å². The smallest absolute Gasteiger partial charge is 0.394 e. The minimum absolute atomic E-state index is 0.653. The van der Waals surface area contributed by atoms with Crippen molar-refractivity contribution in [3.63, 3.8) is 0 Å². The van der Waals surface area contributed by atoms with Crippen LogP contribution in [0.2, 0.25) is 0 Å². The van der Waals surface area contributed by atoms with Gasteiger partial charge in [0.25, 0.3) is 0 Å². The maximum Gasteiger partial charge on any atom is 0.483 e. The van der Waals surface area contributed by atoms with E-state index in [1.54, 1.807) is 0 Å². The Bertz CT molecular complexity index is 436. The lowest BCUT2D eigenvalue weighted by Crippen LogP contribution is -2.61. The molecule has 2 fully saturated rings. The molecule has 2 saturated heterocycles. The summed E-state index contributed by atoms with van der Waals surface area (Å²) in [6, 6.07) is 0. The third-order valence-electron chi connectivity index (χ3n) is 4.08. The molecular formula is C12H22NO13+. The minimum Gasteiger partial charge on any atom is -0.394 e. The highest BCUT2D eigenvalue weighted by atomic mass is 17.1. The zero-order valence-electron chi connectivity index (χ0n) is 13.3. The van der Waals surface area contributed by atoms with Crippen molar-refractivity contribution in [2.24, 2.45) is 0 Å². The molecule has 0 bridgehead atoms. The van der Waals surface area contributed by atoms with Gasteiger partial charge in [-0.15, -0.1) is 0 Å². The molecule has 0 amide bonds. The Balaban J connectivity index is 1.97. The van der Waals surface area contributed by atoms with Gasteiger partial charge in [-0.05, 0) is 0 Å². The van der Waals surface area contributed by atoms with Crippen LogP contribution in [0.25, 0.3) is 0 Å². The molecule has 2 aliphatic heterocycles. The summed E-state index contributed by atoms with van der Waals surface area (Å²) in [5.74, 6) is 0. The van der Waals surface area contributed by atoms with Crippen LogP contribution in [0.1, 0.15) is 0 Å². The third-order valence-corrected chi connectivity index (χ3v) is 4.08. The zero-order valence-corrected chi connectivity index (χ0v) is 13.3. The first-order valence-electron chi connectivity index (χ1n) is 7.63. The molecule has 14 nitrogen and oxygen atoms in total. The van der Waals surface area contributed by atoms with Crippen LogP contribution in [-0.4, -0.2) is 121 Å². The highest BCUT2D eigenvalue weighted by molar-refractivity contribution is 4.89. The number of aliphatic hydroxyl groups is 8. The average Bonchev–Trinajstić information content (AvgIpc) is 2.62. The van der Waals surface area contributed by atoms with Crippen LogP contribution in [0, 0.1) is 4.91 Å². The number of nitrogens with zero attached hydrogens (tertiary/aromatic N) is 1. The number of ether oxygens (including phenoxy) is 2. The van der Waals surface area contributed by atoms with Crippen LogP contribution >= 0.6 is 0 Å². The summed E-state index contributed by atoms with van der Waals surface area (Å²) in [6.07, 6.45) is -17.1. The normalized spacial score (nSPS) is 46.6. The van der Waals surface area contributed by atoms with Crippen molar-refractivity contribution in [1.29, 1.82) is 0 Å². The van der Waals surface area contributed by atoms with Gasteiger partial charge in [-0.2, -0.15) is 9.68 Å². The monoisotopic (exact) mass is 388 g/mol. The van der Waals surface area contributed by atoms with Gasteiger partial charge in [-0.1, -0.05) is 0 Å². The fourth-order valence-electron chi connectivity index (χ4n) is 2.50. The second-order valence-electron chi connectivity index (χ2n) is 5.83. The largest absolute Gasteiger partial charge is 0.483 e. The fraction of sp³-hybridized carbons (Fsp3) is 1.00. The van der Waals surface area contributed by atoms with Gasteiger partial charge in [-0.3, -0.25) is 0 Å². The van der Waals surface area contributed by atoms with Crippen LogP contribution in [-0.2, 0) is 19.1 Å². The van der Waals surface area contributed by atoms with Crippen LogP contribution in [0.3, 0.4) is 0 Å². The van der Waals surface area contributed by atoms with Crippen molar-refractivity contribution in [2.45, 2.75) is 61.4 Å². The lowest BCUT2D eigenvalue weighted by Gasteiger charge is -2.37. The van der Waals surface area contributed by atoms with E-state index in [1.165, 1.54) is 0 Å². The molecule has 0 radical (unpaired) electrons. The summed E-state index contributed by atoms with van der Waals surface area (Å²) in [4.78, 5) is 20.8. The highest BCUT2D eigenvalue weighted by Crippen LogP contribution is 2.24. The molecule has 0 spiro atoms. The maximum absolute atomic E-state index is 11.7. The molecule has 0 aromatic heterocycles. The average molecular weight is 388 g/mol. The van der Waals surface area contributed by atoms with Gasteiger partial charge in [0.15, 0.2) is 12.2 Å². The number of rotatable bonds is 6. The quantitative estimate of drug-likeness (QED) is 0.199. The van der Waals surface area contributed by atoms with Crippen LogP contribution in [0.4, 0.5) is 0 Å². The first kappa shape index (κ1) is 21.1. The van der Waals surface area contributed by atoms with Gasteiger partial charge in [0.1, 0.15) is 41.5 Å². The molecule has 10 atom stereocenters. The number of aliphatic hydroxyl groups excluding tert-OH is 8. The molecule has 0 unspecified atom stereocenters. The molecule has 0 aromatic rings. The Kier molecular flexibility index (Phi) is 7.03. The van der Waals surface area contributed by atoms with E-state index < -0.39 is 79.7 Å². The Labute approximate surface area is 145 Å². The Morgan fingerprint density at radius 2 is 1.00 bits per heavy atom. The maximum atomic E-state index is 11.7. The summed E-state index contributed by atoms with van der Waals surface area (Å²) >= 11 is 0. The van der Waals surface area contributed by atoms with Crippen LogP contribution in [0.15, 0.2) is 0 Å². The minimum atomic E-state index is -1.89. The van der Waals surface area contributed by atoms with Crippen molar-refractivity contribution in [3.05, 3.63) is 4.91 Å². The van der Waals surface area contributed by atoms with Crippen LogP contribution in [0.5, 0.6) is 0 Å². The molecule has 8 N–H and O–H groups in total. The van der Waals surface area contributed by atoms with Crippen molar-refractivity contribution in [2.75, 3.05) is 13.2 Å². The van der Waals surface area contributed by atoms with E-state index in [0.29, 0.717) is 0 Å². The van der Waals surface area contributed by atoms with Gasteiger partial charge in [-0.25, -0.2) is 0 Å². The van der Waals surface area contributed by atoms with Crippen LogP contribution < -0.4 is 0 Å². The van der Waals surface area contributed by atoms with Gasteiger partial charge in [0.2, 0.25) is 0 Å². The Morgan fingerprint density at radius 3 is 1.31 bits per heavy atom.